The number of piperidine rings is 2. The van der Waals surface area contributed by atoms with E-state index in [2.05, 4.69) is 57.0 Å². The molecule has 0 aliphatic carbocycles. The Morgan fingerprint density at radius 2 is 1.63 bits per heavy atom. The van der Waals surface area contributed by atoms with E-state index in [4.69, 9.17) is 9.47 Å². The smallest absolute Gasteiger partial charge is 0.293 e. The van der Waals surface area contributed by atoms with Gasteiger partial charge in [0, 0.05) is 85.6 Å². The highest BCUT2D eigenvalue weighted by atomic mass is 32.2. The summed E-state index contributed by atoms with van der Waals surface area (Å²) in [5.41, 5.74) is 4.62. The standard InChI is InChI=1S/C49H53N5O7S2/c1-51(36-24-28-60-29-25-36)45-20-18-42(32-46(45)54(56)57)63(58,59)50-49(55)44-19-16-39(31-47(44)61-40-11-3-2-4-12-40)52-26-22-34(23-27-52)30-35-8-5-6-13-43(35)48-21-17-41(62-48)33-53-37-9-7-10-38(53)15-14-37/h2-6,8,11-13,16-21,30-32,36-38H,7,9-10,14-15,22-29,33H2,1H3,(H,50,55). The van der Waals surface area contributed by atoms with Gasteiger partial charge in [-0.1, -0.05) is 60.5 Å². The molecule has 5 heterocycles. The lowest BCUT2D eigenvalue weighted by molar-refractivity contribution is -0.384. The molecule has 0 radical (unpaired) electrons. The van der Waals surface area contributed by atoms with Gasteiger partial charge in [-0.3, -0.25) is 19.8 Å². The highest BCUT2D eigenvalue weighted by Crippen LogP contribution is 2.40. The molecule has 0 spiro atoms. The van der Waals surface area contributed by atoms with Gasteiger partial charge in [-0.15, -0.1) is 11.3 Å². The number of hydrogen-bond acceptors (Lipinski definition) is 11. The van der Waals surface area contributed by atoms with E-state index >= 15 is 0 Å². The van der Waals surface area contributed by atoms with Gasteiger partial charge >= 0.3 is 0 Å². The number of carbonyl (C=O) groups excluding carboxylic acids is 1. The van der Waals surface area contributed by atoms with E-state index in [-0.39, 0.29) is 28.7 Å². The van der Waals surface area contributed by atoms with Crippen molar-refractivity contribution in [3.63, 3.8) is 0 Å². The lowest BCUT2D eigenvalue weighted by atomic mass is 9.97. The molecule has 1 amide bonds. The first-order valence-corrected chi connectivity index (χ1v) is 24.3. The minimum Gasteiger partial charge on any atom is -0.456 e. The number of nitrogens with zero attached hydrogens (tertiary/aromatic N) is 4. The van der Waals surface area contributed by atoms with Crippen molar-refractivity contribution in [1.82, 2.24) is 9.62 Å². The number of nitrogens with one attached hydrogen (secondary N) is 1. The van der Waals surface area contributed by atoms with Crippen LogP contribution in [0.5, 0.6) is 11.5 Å². The first-order valence-electron chi connectivity index (χ1n) is 22.0. The Kier molecular flexibility index (Phi) is 12.7. The van der Waals surface area contributed by atoms with Crippen molar-refractivity contribution in [2.24, 2.45) is 0 Å². The van der Waals surface area contributed by atoms with Crippen molar-refractivity contribution in [3.8, 4) is 21.9 Å². The Hall–Kier alpha value is -5.54. The molecule has 12 nitrogen and oxygen atoms in total. The molecule has 0 saturated carbocycles. The number of fused-ring (bicyclic) bond motifs is 2. The predicted molar refractivity (Wildman–Crippen MR) is 248 cm³/mol. The van der Waals surface area contributed by atoms with Crippen LogP contribution in [0.4, 0.5) is 17.1 Å². The zero-order valence-electron chi connectivity index (χ0n) is 35.5. The van der Waals surface area contributed by atoms with Crippen molar-refractivity contribution >= 4 is 50.4 Å². The number of rotatable bonds is 13. The third-order valence-corrected chi connectivity index (χ3v) is 15.6. The fraction of sp³-hybridized carbons (Fsp3) is 0.367. The number of anilines is 2. The van der Waals surface area contributed by atoms with Gasteiger partial charge in [-0.05, 0) is 111 Å². The second-order valence-electron chi connectivity index (χ2n) is 17.0. The number of carbonyl (C=O) groups is 1. The molecule has 2 unspecified atom stereocenters. The van der Waals surface area contributed by atoms with Gasteiger partial charge in [0.05, 0.1) is 15.4 Å². The number of ether oxygens (including phenoxy) is 2. The summed E-state index contributed by atoms with van der Waals surface area (Å²) in [5.74, 6) is -0.257. The zero-order chi connectivity index (χ0) is 43.5. The number of benzene rings is 4. The van der Waals surface area contributed by atoms with Crippen LogP contribution in [0.1, 0.15) is 78.6 Å². The third kappa shape index (κ3) is 9.54. The average Bonchev–Trinajstić information content (AvgIpc) is 3.85. The van der Waals surface area contributed by atoms with Crippen molar-refractivity contribution in [2.75, 3.05) is 43.2 Å². The van der Waals surface area contributed by atoms with Crippen LogP contribution in [0.3, 0.4) is 0 Å². The quantitative estimate of drug-likeness (QED) is 0.0900. The van der Waals surface area contributed by atoms with Crippen LogP contribution in [0.25, 0.3) is 16.5 Å². The van der Waals surface area contributed by atoms with Crippen molar-refractivity contribution < 1.29 is 27.6 Å². The molecule has 63 heavy (non-hydrogen) atoms. The van der Waals surface area contributed by atoms with Crippen LogP contribution in [0, 0.1) is 10.1 Å². The van der Waals surface area contributed by atoms with E-state index in [9.17, 15) is 23.3 Å². The second-order valence-corrected chi connectivity index (χ2v) is 19.9. The van der Waals surface area contributed by atoms with Gasteiger partial charge in [0.1, 0.15) is 17.2 Å². The van der Waals surface area contributed by atoms with E-state index < -0.39 is 25.7 Å². The molecular formula is C49H53N5O7S2. The summed E-state index contributed by atoms with van der Waals surface area (Å²) in [6, 6.07) is 32.6. The third-order valence-electron chi connectivity index (χ3n) is 13.2. The molecule has 328 valence electrons. The van der Waals surface area contributed by atoms with Crippen LogP contribution in [0.15, 0.2) is 114 Å². The van der Waals surface area contributed by atoms with E-state index in [1.54, 1.807) is 42.3 Å². The summed E-state index contributed by atoms with van der Waals surface area (Å²) in [4.78, 5) is 34.6. The zero-order valence-corrected chi connectivity index (χ0v) is 37.1. The number of nitro benzene ring substituents is 1. The number of amides is 1. The molecule has 1 N–H and O–H groups in total. The topological polar surface area (TPSA) is 135 Å². The van der Waals surface area contributed by atoms with E-state index in [1.807, 2.05) is 29.5 Å². The second kappa shape index (κ2) is 18.7. The van der Waals surface area contributed by atoms with Crippen LogP contribution >= 0.6 is 11.3 Å². The number of hydrogen-bond donors (Lipinski definition) is 1. The maximum absolute atomic E-state index is 13.9. The summed E-state index contributed by atoms with van der Waals surface area (Å²) < 4.78 is 41.2. The van der Waals surface area contributed by atoms with Crippen LogP contribution in [-0.4, -0.2) is 75.6 Å². The molecule has 2 bridgehead atoms. The Bertz CT molecular complexity index is 2580. The van der Waals surface area contributed by atoms with Crippen LogP contribution in [0.2, 0.25) is 0 Å². The molecule has 4 fully saturated rings. The summed E-state index contributed by atoms with van der Waals surface area (Å²) in [7, 11) is -2.77. The molecular weight excluding hydrogens is 835 g/mol. The van der Waals surface area contributed by atoms with Crippen molar-refractivity contribution in [2.45, 2.75) is 87.4 Å². The van der Waals surface area contributed by atoms with Crippen molar-refractivity contribution in [1.29, 1.82) is 0 Å². The predicted octanol–water partition coefficient (Wildman–Crippen LogP) is 10.1. The molecule has 5 aromatic rings. The molecule has 14 heteroatoms. The van der Waals surface area contributed by atoms with Gasteiger partial charge in [0.2, 0.25) is 0 Å². The normalized spacial score (nSPS) is 19.4. The van der Waals surface area contributed by atoms with E-state index in [1.165, 1.54) is 70.7 Å². The van der Waals surface area contributed by atoms with Crippen LogP contribution in [-0.2, 0) is 21.3 Å². The molecule has 2 atom stereocenters. The Morgan fingerprint density at radius 1 is 0.905 bits per heavy atom. The Balaban J connectivity index is 0.901. The van der Waals surface area contributed by atoms with Gasteiger partial charge in [0.25, 0.3) is 21.6 Å². The fourth-order valence-corrected chi connectivity index (χ4v) is 11.8. The average molecular weight is 888 g/mol. The minimum absolute atomic E-state index is 0.00534. The maximum Gasteiger partial charge on any atom is 0.293 e. The largest absolute Gasteiger partial charge is 0.456 e. The lowest BCUT2D eigenvalue weighted by Gasteiger charge is -2.34. The maximum atomic E-state index is 13.9. The molecule has 4 aliphatic rings. The van der Waals surface area contributed by atoms with Gasteiger partial charge in [-0.25, -0.2) is 13.1 Å². The molecule has 1 aromatic heterocycles. The number of para-hydroxylation sites is 1. The summed E-state index contributed by atoms with van der Waals surface area (Å²) in [5, 5.41) is 12.2. The monoisotopic (exact) mass is 887 g/mol. The molecule has 9 rings (SSSR count). The molecule has 4 aliphatic heterocycles. The number of sulfonamides is 1. The molecule has 4 aromatic carbocycles. The van der Waals surface area contributed by atoms with Crippen molar-refractivity contribution in [3.05, 3.63) is 135 Å². The van der Waals surface area contributed by atoms with Gasteiger partial charge in [-0.2, -0.15) is 0 Å². The highest BCUT2D eigenvalue weighted by molar-refractivity contribution is 7.90. The van der Waals surface area contributed by atoms with E-state index in [0.717, 1.165) is 56.3 Å². The summed E-state index contributed by atoms with van der Waals surface area (Å²) in [6.07, 6.45) is 12.2. The first-order chi connectivity index (χ1) is 30.6. The van der Waals surface area contributed by atoms with Gasteiger partial charge < -0.3 is 19.3 Å². The Labute approximate surface area is 373 Å². The lowest BCUT2D eigenvalue weighted by Crippen LogP contribution is -2.38. The fourth-order valence-electron chi connectivity index (χ4n) is 9.75. The first kappa shape index (κ1) is 42.7. The summed E-state index contributed by atoms with van der Waals surface area (Å²) in [6.45, 7) is 3.64. The number of thiophene rings is 1. The van der Waals surface area contributed by atoms with Crippen LogP contribution < -0.4 is 19.3 Å². The number of nitro groups is 1. The Morgan fingerprint density at radius 3 is 2.38 bits per heavy atom. The van der Waals surface area contributed by atoms with E-state index in [0.29, 0.717) is 31.8 Å². The highest BCUT2D eigenvalue weighted by Gasteiger charge is 2.36. The summed E-state index contributed by atoms with van der Waals surface area (Å²) >= 11 is 1.92. The van der Waals surface area contributed by atoms with Gasteiger partial charge in [0.15, 0.2) is 0 Å². The minimum atomic E-state index is -4.53. The SMILES string of the molecule is CN(c1ccc(S(=O)(=O)NC(=O)c2ccc(N3CCC(=Cc4ccccc4-c4ccc(CN5C6CCCC5CC6)s4)CC3)cc2Oc2ccccc2)cc1[N+](=O)[O-])C1CCOCC1. The molecule has 4 saturated heterocycles.